The molecular weight excluding hydrogens is 298 g/mol. The number of hydrogen-bond acceptors (Lipinski definition) is 5. The van der Waals surface area contributed by atoms with Crippen molar-refractivity contribution < 1.29 is 4.79 Å². The second kappa shape index (κ2) is 6.03. The highest BCUT2D eigenvalue weighted by molar-refractivity contribution is 7.21. The molecule has 3 aromatic rings. The number of hydrogen-bond donors (Lipinski definition) is 1. The van der Waals surface area contributed by atoms with E-state index in [0.29, 0.717) is 28.9 Å². The first-order chi connectivity index (χ1) is 10.6. The largest absolute Gasteiger partial charge is 0.370 e. The van der Waals surface area contributed by atoms with Crippen LogP contribution in [0.1, 0.15) is 12.0 Å². The summed E-state index contributed by atoms with van der Waals surface area (Å²) in [6.45, 7) is 0. The van der Waals surface area contributed by atoms with Gasteiger partial charge in [0.15, 0.2) is 0 Å². The van der Waals surface area contributed by atoms with Gasteiger partial charge in [0.25, 0.3) is 5.56 Å². The number of benzene rings is 1. The fourth-order valence-electron chi connectivity index (χ4n) is 2.09. The van der Waals surface area contributed by atoms with Crippen LogP contribution in [0.25, 0.3) is 20.8 Å². The molecule has 22 heavy (non-hydrogen) atoms. The molecule has 0 aliphatic heterocycles. The Hall–Kier alpha value is -2.60. The van der Waals surface area contributed by atoms with Gasteiger partial charge in [0.1, 0.15) is 5.01 Å². The molecule has 2 heterocycles. The number of nitrogens with zero attached hydrogens (tertiary/aromatic N) is 2. The Morgan fingerprint density at radius 2 is 2.00 bits per heavy atom. The van der Waals surface area contributed by atoms with Crippen molar-refractivity contribution in [2.24, 2.45) is 5.73 Å². The summed E-state index contributed by atoms with van der Waals surface area (Å²) in [5.41, 5.74) is 6.46. The van der Waals surface area contributed by atoms with E-state index in [0.717, 1.165) is 10.3 Å². The Morgan fingerprint density at radius 1 is 1.18 bits per heavy atom. The van der Waals surface area contributed by atoms with E-state index >= 15 is 0 Å². The number of aromatic nitrogens is 2. The molecule has 0 radical (unpaired) electrons. The van der Waals surface area contributed by atoms with Gasteiger partial charge in [-0.15, -0.1) is 11.3 Å². The summed E-state index contributed by atoms with van der Waals surface area (Å²) in [6.07, 6.45) is 2.54. The summed E-state index contributed by atoms with van der Waals surface area (Å²) in [5, 5.41) is 1.21. The number of nitrogens with two attached hydrogens (primary N) is 1. The average Bonchev–Trinajstić information content (AvgIpc) is 2.53. The highest BCUT2D eigenvalue weighted by Crippen LogP contribution is 2.24. The first kappa shape index (κ1) is 14.3. The molecular formula is C16H13N3O2S. The van der Waals surface area contributed by atoms with Crippen LogP contribution in [0.15, 0.2) is 47.4 Å². The molecule has 0 bridgehead atoms. The lowest BCUT2D eigenvalue weighted by Gasteiger charge is -2.03. The van der Waals surface area contributed by atoms with Crippen LogP contribution >= 0.6 is 11.3 Å². The average molecular weight is 311 g/mol. The third-order valence-corrected chi connectivity index (χ3v) is 4.30. The normalized spacial score (nSPS) is 10.7. The third-order valence-electron chi connectivity index (χ3n) is 3.23. The molecule has 110 valence electrons. The van der Waals surface area contributed by atoms with E-state index in [1.165, 1.54) is 11.3 Å². The SMILES string of the molecule is NC(=O)CCc1ccc(-c2nc(=O)c3ccccc3s2)nc1. The van der Waals surface area contributed by atoms with Gasteiger partial charge in [-0.2, -0.15) is 4.98 Å². The second-order valence-corrected chi connectivity index (χ2v) is 5.87. The number of rotatable bonds is 4. The molecule has 0 spiro atoms. The van der Waals surface area contributed by atoms with Crippen LogP contribution < -0.4 is 11.3 Å². The van der Waals surface area contributed by atoms with Gasteiger partial charge in [-0.05, 0) is 30.2 Å². The topological polar surface area (TPSA) is 85.9 Å². The van der Waals surface area contributed by atoms with Crippen LogP contribution in [0, 0.1) is 0 Å². The number of carbonyl (C=O) groups is 1. The van der Waals surface area contributed by atoms with Crippen molar-refractivity contribution in [1.29, 1.82) is 0 Å². The first-order valence-corrected chi connectivity index (χ1v) is 7.58. The molecule has 2 N–H and O–H groups in total. The standard InChI is InChI=1S/C16H13N3O2S/c17-14(20)8-6-10-5-7-12(18-9-10)16-19-15(21)11-3-1-2-4-13(11)22-16/h1-5,7,9H,6,8H2,(H2,17,20). The smallest absolute Gasteiger partial charge is 0.279 e. The number of carbonyl (C=O) groups excluding carboxylic acids is 1. The number of fused-ring (bicyclic) bond motifs is 1. The van der Waals surface area contributed by atoms with Gasteiger partial charge in [0, 0.05) is 17.3 Å². The van der Waals surface area contributed by atoms with Gasteiger partial charge in [-0.1, -0.05) is 18.2 Å². The minimum atomic E-state index is -0.335. The summed E-state index contributed by atoms with van der Waals surface area (Å²) in [7, 11) is 0. The lowest BCUT2D eigenvalue weighted by Crippen LogP contribution is -2.11. The highest BCUT2D eigenvalue weighted by atomic mass is 32.1. The van der Waals surface area contributed by atoms with Gasteiger partial charge in [0.05, 0.1) is 11.1 Å². The van der Waals surface area contributed by atoms with Crippen molar-refractivity contribution in [3.05, 3.63) is 58.5 Å². The van der Waals surface area contributed by atoms with Crippen LogP contribution in [0.4, 0.5) is 0 Å². The zero-order chi connectivity index (χ0) is 15.5. The van der Waals surface area contributed by atoms with E-state index in [1.807, 2.05) is 30.3 Å². The minimum Gasteiger partial charge on any atom is -0.370 e. The van der Waals surface area contributed by atoms with Gasteiger partial charge in [-0.25, -0.2) is 0 Å². The summed E-state index contributed by atoms with van der Waals surface area (Å²) < 4.78 is 0.886. The maximum Gasteiger partial charge on any atom is 0.279 e. The molecule has 0 aliphatic rings. The van der Waals surface area contributed by atoms with Gasteiger partial charge in [0.2, 0.25) is 5.91 Å². The predicted molar refractivity (Wildman–Crippen MR) is 86.6 cm³/mol. The van der Waals surface area contributed by atoms with Crippen LogP contribution in [0.3, 0.4) is 0 Å². The molecule has 0 saturated carbocycles. The van der Waals surface area contributed by atoms with E-state index in [4.69, 9.17) is 5.73 Å². The van der Waals surface area contributed by atoms with Crippen molar-refractivity contribution in [3.63, 3.8) is 0 Å². The van der Waals surface area contributed by atoms with Crippen molar-refractivity contribution in [3.8, 4) is 10.7 Å². The quantitative estimate of drug-likeness (QED) is 0.800. The Balaban J connectivity index is 1.94. The molecule has 1 amide bonds. The van der Waals surface area contributed by atoms with Crippen molar-refractivity contribution in [2.75, 3.05) is 0 Å². The van der Waals surface area contributed by atoms with E-state index in [9.17, 15) is 9.59 Å². The molecule has 0 atom stereocenters. The maximum atomic E-state index is 12.0. The lowest BCUT2D eigenvalue weighted by atomic mass is 10.1. The summed E-state index contributed by atoms with van der Waals surface area (Å²) in [4.78, 5) is 31.2. The Labute approximate surface area is 130 Å². The fourth-order valence-corrected chi connectivity index (χ4v) is 3.06. The van der Waals surface area contributed by atoms with Gasteiger partial charge in [-0.3, -0.25) is 14.6 Å². The zero-order valence-corrected chi connectivity index (χ0v) is 12.5. The Morgan fingerprint density at radius 3 is 2.73 bits per heavy atom. The van der Waals surface area contributed by atoms with E-state index in [2.05, 4.69) is 9.97 Å². The number of primary amides is 1. The van der Waals surface area contributed by atoms with Crippen molar-refractivity contribution in [1.82, 2.24) is 9.97 Å². The molecule has 1 aromatic carbocycles. The summed E-state index contributed by atoms with van der Waals surface area (Å²) >= 11 is 1.43. The third kappa shape index (κ3) is 3.01. The lowest BCUT2D eigenvalue weighted by molar-refractivity contribution is -0.117. The molecule has 2 aromatic heterocycles. The minimum absolute atomic E-state index is 0.246. The summed E-state index contributed by atoms with van der Waals surface area (Å²) in [5.74, 6) is -0.335. The van der Waals surface area contributed by atoms with E-state index < -0.39 is 0 Å². The highest BCUT2D eigenvalue weighted by Gasteiger charge is 2.08. The molecule has 0 unspecified atom stereocenters. The number of aryl methyl sites for hydroxylation is 1. The van der Waals surface area contributed by atoms with E-state index in [-0.39, 0.29) is 11.5 Å². The molecule has 5 nitrogen and oxygen atoms in total. The second-order valence-electron chi connectivity index (χ2n) is 4.84. The van der Waals surface area contributed by atoms with Crippen LogP contribution in [0.2, 0.25) is 0 Å². The zero-order valence-electron chi connectivity index (χ0n) is 11.7. The van der Waals surface area contributed by atoms with Crippen LogP contribution in [-0.4, -0.2) is 15.9 Å². The first-order valence-electron chi connectivity index (χ1n) is 6.77. The molecule has 0 saturated heterocycles. The molecule has 0 fully saturated rings. The number of amides is 1. The monoisotopic (exact) mass is 311 g/mol. The van der Waals surface area contributed by atoms with E-state index in [1.54, 1.807) is 12.3 Å². The fraction of sp³-hybridized carbons (Fsp3) is 0.125. The van der Waals surface area contributed by atoms with Crippen molar-refractivity contribution in [2.45, 2.75) is 12.8 Å². The summed E-state index contributed by atoms with van der Waals surface area (Å²) in [6, 6.07) is 11.1. The Bertz CT molecular complexity index is 888. The van der Waals surface area contributed by atoms with Crippen LogP contribution in [-0.2, 0) is 11.2 Å². The predicted octanol–water partition coefficient (Wildman–Crippen LogP) is 2.14. The van der Waals surface area contributed by atoms with Gasteiger partial charge < -0.3 is 5.73 Å². The Kier molecular flexibility index (Phi) is 3.93. The maximum absolute atomic E-state index is 12.0. The number of pyridine rings is 1. The van der Waals surface area contributed by atoms with Crippen LogP contribution in [0.5, 0.6) is 0 Å². The molecule has 6 heteroatoms. The molecule has 0 aliphatic carbocycles. The van der Waals surface area contributed by atoms with Crippen molar-refractivity contribution >= 4 is 27.3 Å². The van der Waals surface area contributed by atoms with Gasteiger partial charge >= 0.3 is 0 Å². The molecule has 3 rings (SSSR count).